The van der Waals surface area contributed by atoms with Gasteiger partial charge >= 0.3 is 0 Å². The molecule has 1 N–H and O–H groups in total. The zero-order chi connectivity index (χ0) is 13.3. The first-order valence-corrected chi connectivity index (χ1v) is 6.99. The molecule has 0 fully saturated rings. The number of carbonyl (C=O) groups excluding carboxylic acids is 1. The maximum absolute atomic E-state index is 11.5. The molecule has 1 aromatic heterocycles. The molecule has 100 valence electrons. The summed E-state index contributed by atoms with van der Waals surface area (Å²) in [5.41, 5.74) is 1.07. The van der Waals surface area contributed by atoms with E-state index in [4.69, 9.17) is 4.74 Å². The van der Waals surface area contributed by atoms with Crippen molar-refractivity contribution in [3.8, 4) is 0 Å². The van der Waals surface area contributed by atoms with Crippen LogP contribution in [0.25, 0.3) is 0 Å². The number of benzene rings is 1. The molecule has 0 bridgehead atoms. The van der Waals surface area contributed by atoms with Gasteiger partial charge in [-0.05, 0) is 5.56 Å². The SMILES string of the molecule is O=C(COCc1ccccc1)NCCc1nccs1. The van der Waals surface area contributed by atoms with Crippen LogP contribution in [-0.2, 0) is 22.6 Å². The largest absolute Gasteiger partial charge is 0.367 e. The number of rotatable bonds is 7. The van der Waals surface area contributed by atoms with Crippen molar-refractivity contribution < 1.29 is 9.53 Å². The molecule has 0 aliphatic rings. The van der Waals surface area contributed by atoms with E-state index >= 15 is 0 Å². The van der Waals surface area contributed by atoms with E-state index in [-0.39, 0.29) is 12.5 Å². The first kappa shape index (κ1) is 13.7. The van der Waals surface area contributed by atoms with Crippen molar-refractivity contribution >= 4 is 17.2 Å². The highest BCUT2D eigenvalue weighted by atomic mass is 32.1. The molecule has 0 aliphatic carbocycles. The Balaban J connectivity index is 1.57. The van der Waals surface area contributed by atoms with Crippen LogP contribution in [0.3, 0.4) is 0 Å². The summed E-state index contributed by atoms with van der Waals surface area (Å²) in [6, 6.07) is 9.80. The molecule has 4 nitrogen and oxygen atoms in total. The molecule has 0 saturated heterocycles. The highest BCUT2D eigenvalue weighted by molar-refractivity contribution is 7.09. The first-order chi connectivity index (χ1) is 9.34. The van der Waals surface area contributed by atoms with Gasteiger partial charge in [0.15, 0.2) is 0 Å². The number of nitrogens with zero attached hydrogens (tertiary/aromatic N) is 1. The molecule has 1 aromatic carbocycles. The number of ether oxygens (including phenoxy) is 1. The smallest absolute Gasteiger partial charge is 0.246 e. The minimum Gasteiger partial charge on any atom is -0.367 e. The molecule has 0 spiro atoms. The lowest BCUT2D eigenvalue weighted by molar-refractivity contribution is -0.126. The van der Waals surface area contributed by atoms with Crippen LogP contribution in [0.2, 0.25) is 0 Å². The van der Waals surface area contributed by atoms with Gasteiger partial charge in [-0.15, -0.1) is 11.3 Å². The third-order valence-electron chi connectivity index (χ3n) is 2.49. The molecule has 0 aliphatic heterocycles. The van der Waals surface area contributed by atoms with Crippen LogP contribution in [0, 0.1) is 0 Å². The van der Waals surface area contributed by atoms with E-state index in [2.05, 4.69) is 10.3 Å². The van der Waals surface area contributed by atoms with Gasteiger partial charge in [0.25, 0.3) is 0 Å². The van der Waals surface area contributed by atoms with Crippen LogP contribution in [-0.4, -0.2) is 24.0 Å². The van der Waals surface area contributed by atoms with Crippen molar-refractivity contribution in [3.05, 3.63) is 52.5 Å². The van der Waals surface area contributed by atoms with Gasteiger partial charge in [-0.3, -0.25) is 4.79 Å². The molecular formula is C14H16N2O2S. The lowest BCUT2D eigenvalue weighted by atomic mass is 10.2. The highest BCUT2D eigenvalue weighted by Crippen LogP contribution is 2.03. The number of thiazole rings is 1. The van der Waals surface area contributed by atoms with Crippen molar-refractivity contribution in [3.63, 3.8) is 0 Å². The van der Waals surface area contributed by atoms with Crippen LogP contribution in [0.1, 0.15) is 10.6 Å². The van der Waals surface area contributed by atoms with Gasteiger partial charge < -0.3 is 10.1 Å². The minimum atomic E-state index is -0.0903. The fourth-order valence-corrected chi connectivity index (χ4v) is 2.19. The van der Waals surface area contributed by atoms with E-state index < -0.39 is 0 Å². The van der Waals surface area contributed by atoms with E-state index in [1.807, 2.05) is 35.7 Å². The third-order valence-corrected chi connectivity index (χ3v) is 3.33. The monoisotopic (exact) mass is 276 g/mol. The molecule has 0 saturated carbocycles. The second-order valence-electron chi connectivity index (χ2n) is 4.00. The molecule has 0 unspecified atom stereocenters. The van der Waals surface area contributed by atoms with E-state index in [0.717, 1.165) is 17.0 Å². The Morgan fingerprint density at radius 2 is 2.16 bits per heavy atom. The molecule has 1 amide bonds. The van der Waals surface area contributed by atoms with E-state index in [0.29, 0.717) is 13.2 Å². The molecule has 5 heteroatoms. The Morgan fingerprint density at radius 3 is 2.89 bits per heavy atom. The van der Waals surface area contributed by atoms with Crippen molar-refractivity contribution in [2.24, 2.45) is 0 Å². The van der Waals surface area contributed by atoms with Gasteiger partial charge in [-0.2, -0.15) is 0 Å². The summed E-state index contributed by atoms with van der Waals surface area (Å²) in [5, 5.41) is 5.77. The summed E-state index contributed by atoms with van der Waals surface area (Å²) < 4.78 is 5.34. The van der Waals surface area contributed by atoms with E-state index in [9.17, 15) is 4.79 Å². The standard InChI is InChI=1S/C14H16N2O2S/c17-13(15-7-6-14-16-8-9-19-14)11-18-10-12-4-2-1-3-5-12/h1-5,8-9H,6-7,10-11H2,(H,15,17). The molecule has 0 atom stereocenters. The van der Waals surface area contributed by atoms with Gasteiger partial charge in [-0.1, -0.05) is 30.3 Å². The van der Waals surface area contributed by atoms with Crippen LogP contribution >= 0.6 is 11.3 Å². The van der Waals surface area contributed by atoms with Crippen molar-refractivity contribution in [1.82, 2.24) is 10.3 Å². The van der Waals surface area contributed by atoms with Gasteiger partial charge in [0.05, 0.1) is 11.6 Å². The molecule has 2 rings (SSSR count). The summed E-state index contributed by atoms with van der Waals surface area (Å²) in [7, 11) is 0. The zero-order valence-electron chi connectivity index (χ0n) is 10.5. The second kappa shape index (κ2) is 7.66. The van der Waals surface area contributed by atoms with Crippen LogP contribution in [0.5, 0.6) is 0 Å². The van der Waals surface area contributed by atoms with Crippen molar-refractivity contribution in [1.29, 1.82) is 0 Å². The number of nitrogens with one attached hydrogen (secondary N) is 1. The average Bonchev–Trinajstić information content (AvgIpc) is 2.93. The zero-order valence-corrected chi connectivity index (χ0v) is 11.4. The minimum absolute atomic E-state index is 0.0900. The maximum Gasteiger partial charge on any atom is 0.246 e. The Bertz CT molecular complexity index is 485. The van der Waals surface area contributed by atoms with E-state index in [1.54, 1.807) is 17.5 Å². The number of aromatic nitrogens is 1. The first-order valence-electron chi connectivity index (χ1n) is 6.11. The quantitative estimate of drug-likeness (QED) is 0.841. The lowest BCUT2D eigenvalue weighted by Crippen LogP contribution is -2.29. The molecule has 2 aromatic rings. The van der Waals surface area contributed by atoms with E-state index in [1.165, 1.54) is 0 Å². The number of hydrogen-bond acceptors (Lipinski definition) is 4. The van der Waals surface area contributed by atoms with Gasteiger partial charge in [-0.25, -0.2) is 4.98 Å². The third kappa shape index (κ3) is 5.19. The summed E-state index contributed by atoms with van der Waals surface area (Å²) in [6.07, 6.45) is 2.53. The molecule has 19 heavy (non-hydrogen) atoms. The fraction of sp³-hybridized carbons (Fsp3) is 0.286. The van der Waals surface area contributed by atoms with Gasteiger partial charge in [0, 0.05) is 24.5 Å². The molecular weight excluding hydrogens is 260 g/mol. The van der Waals surface area contributed by atoms with Crippen LogP contribution < -0.4 is 5.32 Å². The second-order valence-corrected chi connectivity index (χ2v) is 4.98. The average molecular weight is 276 g/mol. The van der Waals surface area contributed by atoms with Crippen LogP contribution in [0.15, 0.2) is 41.9 Å². The lowest BCUT2D eigenvalue weighted by Gasteiger charge is -2.05. The van der Waals surface area contributed by atoms with Crippen LogP contribution in [0.4, 0.5) is 0 Å². The molecule has 1 heterocycles. The number of amides is 1. The number of hydrogen-bond donors (Lipinski definition) is 1. The normalized spacial score (nSPS) is 10.3. The summed E-state index contributed by atoms with van der Waals surface area (Å²) in [5.74, 6) is -0.0903. The Kier molecular flexibility index (Phi) is 5.52. The number of carbonyl (C=O) groups is 1. The summed E-state index contributed by atoms with van der Waals surface area (Å²) >= 11 is 1.60. The maximum atomic E-state index is 11.5. The predicted molar refractivity (Wildman–Crippen MR) is 74.9 cm³/mol. The summed E-state index contributed by atoms with van der Waals surface area (Å²) in [6.45, 7) is 1.15. The Hall–Kier alpha value is -1.72. The molecule has 0 radical (unpaired) electrons. The van der Waals surface area contributed by atoms with Gasteiger partial charge in [0.2, 0.25) is 5.91 Å². The highest BCUT2D eigenvalue weighted by Gasteiger charge is 2.02. The summed E-state index contributed by atoms with van der Waals surface area (Å²) in [4.78, 5) is 15.7. The fourth-order valence-electron chi connectivity index (χ4n) is 1.57. The predicted octanol–water partition coefficient (Wildman–Crippen LogP) is 2.02. The Morgan fingerprint density at radius 1 is 1.32 bits per heavy atom. The van der Waals surface area contributed by atoms with Crippen molar-refractivity contribution in [2.45, 2.75) is 13.0 Å². The Labute approximate surface area is 116 Å². The van der Waals surface area contributed by atoms with Gasteiger partial charge in [0.1, 0.15) is 6.61 Å². The topological polar surface area (TPSA) is 51.2 Å². The van der Waals surface area contributed by atoms with Crippen molar-refractivity contribution in [2.75, 3.05) is 13.2 Å².